The van der Waals surface area contributed by atoms with E-state index in [0.29, 0.717) is 5.82 Å². The minimum Gasteiger partial charge on any atom is -0.307 e. The first-order valence-corrected chi connectivity index (χ1v) is 4.48. The lowest BCUT2D eigenvalue weighted by Crippen LogP contribution is -2.08. The quantitative estimate of drug-likeness (QED) is 0.807. The molecule has 13 heavy (non-hydrogen) atoms. The van der Waals surface area contributed by atoms with Gasteiger partial charge in [0.2, 0.25) is 5.91 Å². The highest BCUT2D eigenvalue weighted by Gasteiger charge is 2.00. The number of carbonyl (C=O) groups is 1. The molecule has 0 aliphatic carbocycles. The van der Waals surface area contributed by atoms with Crippen LogP contribution in [0, 0.1) is 6.92 Å². The molecule has 1 amide bonds. The summed E-state index contributed by atoms with van der Waals surface area (Å²) in [6.07, 6.45) is 2.85. The first-order chi connectivity index (χ1) is 6.13. The Hall–Kier alpha value is -1.16. The lowest BCUT2D eigenvalue weighted by atomic mass is 10.3. The minimum absolute atomic E-state index is 0.255. The molecule has 68 valence electrons. The van der Waals surface area contributed by atoms with Crippen molar-refractivity contribution in [2.45, 2.75) is 6.92 Å². The number of carbonyl (C=O) groups excluding carboxylic acids is 1. The Bertz CT molecular complexity index is 349. The van der Waals surface area contributed by atoms with E-state index in [1.165, 1.54) is 6.08 Å². The van der Waals surface area contributed by atoms with Gasteiger partial charge >= 0.3 is 0 Å². The number of halogens is 1. The largest absolute Gasteiger partial charge is 0.307 e. The van der Waals surface area contributed by atoms with E-state index in [1.807, 2.05) is 6.92 Å². The van der Waals surface area contributed by atoms with Crippen LogP contribution in [0.3, 0.4) is 0 Å². The maximum absolute atomic E-state index is 10.9. The number of pyridine rings is 1. The van der Waals surface area contributed by atoms with Gasteiger partial charge in [0.15, 0.2) is 0 Å². The number of hydrogen-bond acceptors (Lipinski definition) is 2. The molecule has 1 aromatic rings. The molecular formula is C9H9BrN2O. The van der Waals surface area contributed by atoms with E-state index in [-0.39, 0.29) is 5.91 Å². The van der Waals surface area contributed by atoms with Gasteiger partial charge in [-0.15, -0.1) is 0 Å². The van der Waals surface area contributed by atoms with Gasteiger partial charge in [-0.25, -0.2) is 4.98 Å². The molecule has 0 aliphatic heterocycles. The Morgan fingerprint density at radius 3 is 3.00 bits per heavy atom. The van der Waals surface area contributed by atoms with Crippen LogP contribution in [-0.4, -0.2) is 10.9 Å². The molecule has 0 saturated carbocycles. The number of rotatable bonds is 2. The van der Waals surface area contributed by atoms with Gasteiger partial charge in [-0.05, 0) is 40.6 Å². The fourth-order valence-electron chi connectivity index (χ4n) is 0.785. The third-order valence-corrected chi connectivity index (χ3v) is 2.31. The Morgan fingerprint density at radius 1 is 1.77 bits per heavy atom. The number of amides is 1. The lowest BCUT2D eigenvalue weighted by molar-refractivity contribution is -0.111. The highest BCUT2D eigenvalue weighted by Crippen LogP contribution is 2.16. The molecule has 0 aromatic carbocycles. The van der Waals surface area contributed by atoms with Crippen LogP contribution in [0.1, 0.15) is 5.56 Å². The number of hydrogen-bond donors (Lipinski definition) is 1. The fourth-order valence-corrected chi connectivity index (χ4v) is 1.00. The van der Waals surface area contributed by atoms with Gasteiger partial charge in [0.05, 0.1) is 0 Å². The van der Waals surface area contributed by atoms with Gasteiger partial charge in [0.1, 0.15) is 5.82 Å². The lowest BCUT2D eigenvalue weighted by Gasteiger charge is -2.02. The second-order valence-corrected chi connectivity index (χ2v) is 3.37. The summed E-state index contributed by atoms with van der Waals surface area (Å²) in [6, 6.07) is 1.78. The molecule has 0 aliphatic rings. The third-order valence-electron chi connectivity index (χ3n) is 1.48. The summed E-state index contributed by atoms with van der Waals surface area (Å²) in [5.41, 5.74) is 1.02. The van der Waals surface area contributed by atoms with Crippen LogP contribution < -0.4 is 5.32 Å². The summed E-state index contributed by atoms with van der Waals surface area (Å²) in [5, 5.41) is 2.57. The third kappa shape index (κ3) is 2.66. The molecule has 1 N–H and O–H groups in total. The van der Waals surface area contributed by atoms with Gasteiger partial charge in [-0.2, -0.15) is 0 Å². The van der Waals surface area contributed by atoms with E-state index in [0.717, 1.165) is 10.0 Å². The monoisotopic (exact) mass is 240 g/mol. The van der Waals surface area contributed by atoms with Crippen molar-refractivity contribution in [2.75, 3.05) is 5.32 Å². The molecule has 0 atom stereocenters. The predicted octanol–water partition coefficient (Wildman–Crippen LogP) is 2.28. The Labute approximate surface area is 85.0 Å². The molecule has 1 heterocycles. The van der Waals surface area contributed by atoms with Gasteiger partial charge in [0.25, 0.3) is 0 Å². The van der Waals surface area contributed by atoms with E-state index < -0.39 is 0 Å². The molecule has 0 spiro atoms. The van der Waals surface area contributed by atoms with Gasteiger partial charge < -0.3 is 5.32 Å². The molecular weight excluding hydrogens is 232 g/mol. The van der Waals surface area contributed by atoms with Crippen LogP contribution in [0.15, 0.2) is 29.4 Å². The summed E-state index contributed by atoms with van der Waals surface area (Å²) >= 11 is 3.32. The Morgan fingerprint density at radius 2 is 2.46 bits per heavy atom. The number of aromatic nitrogens is 1. The maximum Gasteiger partial charge on any atom is 0.248 e. The minimum atomic E-state index is -0.255. The standard InChI is InChI=1S/C9H9BrN2O/c1-3-9(13)12-8-4-6(2)7(10)5-11-8/h3-5H,1H2,2H3,(H,11,12,13). The van der Waals surface area contributed by atoms with Crippen LogP contribution in [-0.2, 0) is 4.79 Å². The summed E-state index contributed by atoms with van der Waals surface area (Å²) in [4.78, 5) is 14.9. The molecule has 0 unspecified atom stereocenters. The van der Waals surface area contributed by atoms with Crippen molar-refractivity contribution >= 4 is 27.7 Å². The van der Waals surface area contributed by atoms with Crippen molar-refractivity contribution in [3.8, 4) is 0 Å². The second kappa shape index (κ2) is 4.18. The van der Waals surface area contributed by atoms with Crippen molar-refractivity contribution in [1.82, 2.24) is 4.98 Å². The summed E-state index contributed by atoms with van der Waals surface area (Å²) in [6.45, 7) is 5.27. The average molecular weight is 241 g/mol. The van der Waals surface area contributed by atoms with Crippen molar-refractivity contribution in [3.05, 3.63) is 35.0 Å². The van der Waals surface area contributed by atoms with Crippen molar-refractivity contribution in [1.29, 1.82) is 0 Å². The van der Waals surface area contributed by atoms with E-state index in [1.54, 1.807) is 12.3 Å². The predicted molar refractivity (Wildman–Crippen MR) is 55.5 cm³/mol. The maximum atomic E-state index is 10.9. The second-order valence-electron chi connectivity index (χ2n) is 2.51. The van der Waals surface area contributed by atoms with Crippen LogP contribution in [0.25, 0.3) is 0 Å². The van der Waals surface area contributed by atoms with Crippen molar-refractivity contribution < 1.29 is 4.79 Å². The first kappa shape index (κ1) is 9.92. The fraction of sp³-hybridized carbons (Fsp3) is 0.111. The van der Waals surface area contributed by atoms with Crippen LogP contribution in [0.5, 0.6) is 0 Å². The van der Waals surface area contributed by atoms with Crippen LogP contribution >= 0.6 is 15.9 Å². The molecule has 0 fully saturated rings. The molecule has 4 heteroatoms. The molecule has 0 bridgehead atoms. The normalized spacial score (nSPS) is 9.38. The number of nitrogens with one attached hydrogen (secondary N) is 1. The first-order valence-electron chi connectivity index (χ1n) is 3.69. The highest BCUT2D eigenvalue weighted by atomic mass is 79.9. The SMILES string of the molecule is C=CC(=O)Nc1cc(C)c(Br)cn1. The number of anilines is 1. The molecule has 1 rings (SSSR count). The zero-order valence-electron chi connectivity index (χ0n) is 7.17. The van der Waals surface area contributed by atoms with E-state index >= 15 is 0 Å². The van der Waals surface area contributed by atoms with Crippen molar-refractivity contribution in [3.63, 3.8) is 0 Å². The topological polar surface area (TPSA) is 42.0 Å². The van der Waals surface area contributed by atoms with E-state index in [4.69, 9.17) is 0 Å². The molecule has 0 saturated heterocycles. The van der Waals surface area contributed by atoms with Crippen LogP contribution in [0.2, 0.25) is 0 Å². The zero-order chi connectivity index (χ0) is 9.84. The summed E-state index contributed by atoms with van der Waals surface area (Å²) in [5.74, 6) is 0.278. The zero-order valence-corrected chi connectivity index (χ0v) is 8.76. The van der Waals surface area contributed by atoms with Gasteiger partial charge in [0, 0.05) is 10.7 Å². The van der Waals surface area contributed by atoms with Gasteiger partial charge in [-0.1, -0.05) is 6.58 Å². The molecule has 3 nitrogen and oxygen atoms in total. The smallest absolute Gasteiger partial charge is 0.248 e. The van der Waals surface area contributed by atoms with Crippen LogP contribution in [0.4, 0.5) is 5.82 Å². The highest BCUT2D eigenvalue weighted by molar-refractivity contribution is 9.10. The van der Waals surface area contributed by atoms with Gasteiger partial charge in [-0.3, -0.25) is 4.79 Å². The average Bonchev–Trinajstić information content (AvgIpc) is 2.11. The Kier molecular flexibility index (Phi) is 3.19. The van der Waals surface area contributed by atoms with Crippen molar-refractivity contribution in [2.24, 2.45) is 0 Å². The van der Waals surface area contributed by atoms with E-state index in [2.05, 4.69) is 32.8 Å². The summed E-state index contributed by atoms with van der Waals surface area (Å²) < 4.78 is 0.920. The number of nitrogens with zero attached hydrogens (tertiary/aromatic N) is 1. The van der Waals surface area contributed by atoms with E-state index in [9.17, 15) is 4.79 Å². The Balaban J connectivity index is 2.85. The molecule has 1 aromatic heterocycles. The number of aryl methyl sites for hydroxylation is 1. The summed E-state index contributed by atoms with van der Waals surface area (Å²) in [7, 11) is 0. The molecule has 0 radical (unpaired) electrons.